The Kier molecular flexibility index (Phi) is 3.33. The summed E-state index contributed by atoms with van der Waals surface area (Å²) in [4.78, 5) is 14.9. The van der Waals surface area contributed by atoms with E-state index in [1.165, 1.54) is 0 Å². The molecule has 1 atom stereocenters. The molecule has 0 amide bonds. The molecule has 2 heterocycles. The van der Waals surface area contributed by atoms with Crippen molar-refractivity contribution < 1.29 is 9.15 Å². The molecule has 6 heteroatoms. The van der Waals surface area contributed by atoms with E-state index in [1.54, 1.807) is 18.4 Å². The Morgan fingerprint density at radius 1 is 1.40 bits per heavy atom. The van der Waals surface area contributed by atoms with Crippen LogP contribution in [-0.2, 0) is 0 Å². The van der Waals surface area contributed by atoms with E-state index in [9.17, 15) is 4.79 Å². The number of hydrogen-bond donors (Lipinski definition) is 2. The van der Waals surface area contributed by atoms with Crippen LogP contribution < -0.4 is 15.8 Å². The number of fused-ring (bicyclic) bond motifs is 1. The standard InChI is InChI=1S/C14H14N2O3S/c1-15-12(13-10(18-2)5-6-20-13)8-3-4-9-11(7-8)19-14(17)16-9/h3-7,12,15H,1-2H3,(H,16,17). The number of aromatic nitrogens is 1. The Morgan fingerprint density at radius 2 is 2.25 bits per heavy atom. The topological polar surface area (TPSA) is 67.3 Å². The molecule has 2 N–H and O–H groups in total. The summed E-state index contributed by atoms with van der Waals surface area (Å²) >= 11 is 1.62. The van der Waals surface area contributed by atoms with Crippen molar-refractivity contribution in [2.45, 2.75) is 6.04 Å². The van der Waals surface area contributed by atoms with Crippen LogP contribution in [0.2, 0.25) is 0 Å². The fraction of sp³-hybridized carbons (Fsp3) is 0.214. The third-order valence-electron chi connectivity index (χ3n) is 3.21. The van der Waals surface area contributed by atoms with Crippen LogP contribution in [0.5, 0.6) is 5.75 Å². The van der Waals surface area contributed by atoms with Crippen molar-refractivity contribution in [1.82, 2.24) is 10.3 Å². The van der Waals surface area contributed by atoms with Crippen molar-refractivity contribution >= 4 is 22.4 Å². The quantitative estimate of drug-likeness (QED) is 0.774. The largest absolute Gasteiger partial charge is 0.496 e. The molecular formula is C14H14N2O3S. The van der Waals surface area contributed by atoms with Gasteiger partial charge in [0, 0.05) is 0 Å². The number of methoxy groups -OCH3 is 1. The number of rotatable bonds is 4. The van der Waals surface area contributed by atoms with Gasteiger partial charge in [-0.3, -0.25) is 4.98 Å². The van der Waals surface area contributed by atoms with Gasteiger partial charge in [0.25, 0.3) is 0 Å². The molecule has 0 fully saturated rings. The van der Waals surface area contributed by atoms with Crippen LogP contribution in [0.1, 0.15) is 16.5 Å². The Morgan fingerprint density at radius 3 is 3.00 bits per heavy atom. The van der Waals surface area contributed by atoms with Gasteiger partial charge >= 0.3 is 5.76 Å². The average Bonchev–Trinajstić information content (AvgIpc) is 3.04. The summed E-state index contributed by atoms with van der Waals surface area (Å²) in [6.07, 6.45) is 0. The third-order valence-corrected chi connectivity index (χ3v) is 4.17. The molecule has 1 unspecified atom stereocenters. The molecule has 0 saturated carbocycles. The minimum absolute atomic E-state index is 0.00504. The molecule has 0 aliphatic heterocycles. The van der Waals surface area contributed by atoms with E-state index in [0.29, 0.717) is 11.1 Å². The summed E-state index contributed by atoms with van der Waals surface area (Å²) in [6, 6.07) is 7.62. The molecule has 104 valence electrons. The lowest BCUT2D eigenvalue weighted by atomic mass is 10.0. The van der Waals surface area contributed by atoms with Crippen molar-refractivity contribution in [3.8, 4) is 5.75 Å². The van der Waals surface area contributed by atoms with E-state index in [0.717, 1.165) is 16.2 Å². The molecule has 0 radical (unpaired) electrons. The Balaban J connectivity index is 2.08. The van der Waals surface area contributed by atoms with Gasteiger partial charge in [-0.05, 0) is 36.2 Å². The first kappa shape index (κ1) is 13.0. The van der Waals surface area contributed by atoms with Crippen LogP contribution in [0.3, 0.4) is 0 Å². The van der Waals surface area contributed by atoms with Crippen LogP contribution in [-0.4, -0.2) is 19.1 Å². The number of aromatic amines is 1. The average molecular weight is 290 g/mol. The fourth-order valence-electron chi connectivity index (χ4n) is 2.28. The maximum atomic E-state index is 11.2. The van der Waals surface area contributed by atoms with Crippen molar-refractivity contribution in [2.24, 2.45) is 0 Å². The Bertz CT molecular complexity index is 787. The van der Waals surface area contributed by atoms with Gasteiger partial charge in [0.2, 0.25) is 0 Å². The molecule has 0 bridgehead atoms. The number of thiophene rings is 1. The van der Waals surface area contributed by atoms with E-state index >= 15 is 0 Å². The summed E-state index contributed by atoms with van der Waals surface area (Å²) in [5.74, 6) is 0.414. The first-order valence-corrected chi connectivity index (χ1v) is 7.02. The van der Waals surface area contributed by atoms with E-state index in [4.69, 9.17) is 9.15 Å². The van der Waals surface area contributed by atoms with Crippen molar-refractivity contribution in [3.63, 3.8) is 0 Å². The van der Waals surface area contributed by atoms with Gasteiger partial charge in [-0.25, -0.2) is 4.79 Å². The number of H-pyrrole nitrogens is 1. The normalized spacial score (nSPS) is 12.7. The van der Waals surface area contributed by atoms with Gasteiger partial charge in [0.1, 0.15) is 5.75 Å². The molecule has 3 rings (SSSR count). The van der Waals surface area contributed by atoms with Gasteiger partial charge in [0.05, 0.1) is 23.5 Å². The smallest absolute Gasteiger partial charge is 0.417 e. The minimum Gasteiger partial charge on any atom is -0.496 e. The van der Waals surface area contributed by atoms with Crippen LogP contribution >= 0.6 is 11.3 Å². The molecule has 0 spiro atoms. The monoisotopic (exact) mass is 290 g/mol. The highest BCUT2D eigenvalue weighted by Crippen LogP contribution is 2.35. The number of oxazole rings is 1. The summed E-state index contributed by atoms with van der Waals surface area (Å²) in [5.41, 5.74) is 2.28. The van der Waals surface area contributed by atoms with E-state index in [2.05, 4.69) is 10.3 Å². The highest BCUT2D eigenvalue weighted by atomic mass is 32.1. The van der Waals surface area contributed by atoms with Crippen LogP contribution in [0, 0.1) is 0 Å². The van der Waals surface area contributed by atoms with Gasteiger partial charge in [0.15, 0.2) is 5.58 Å². The van der Waals surface area contributed by atoms with Gasteiger partial charge in [-0.1, -0.05) is 6.07 Å². The number of hydrogen-bond acceptors (Lipinski definition) is 5. The van der Waals surface area contributed by atoms with Crippen molar-refractivity contribution in [1.29, 1.82) is 0 Å². The number of nitrogens with one attached hydrogen (secondary N) is 2. The lowest BCUT2D eigenvalue weighted by Crippen LogP contribution is -2.17. The highest BCUT2D eigenvalue weighted by Gasteiger charge is 2.19. The van der Waals surface area contributed by atoms with Gasteiger partial charge in [-0.2, -0.15) is 0 Å². The molecule has 0 aliphatic rings. The first-order chi connectivity index (χ1) is 9.72. The predicted molar refractivity (Wildman–Crippen MR) is 78.6 cm³/mol. The SMILES string of the molecule is CNC(c1ccc2[nH]c(=O)oc2c1)c1sccc1OC. The second-order valence-electron chi connectivity index (χ2n) is 4.35. The second-order valence-corrected chi connectivity index (χ2v) is 5.29. The zero-order valence-corrected chi connectivity index (χ0v) is 11.9. The van der Waals surface area contributed by atoms with Crippen LogP contribution in [0.4, 0.5) is 0 Å². The molecule has 2 aromatic heterocycles. The fourth-order valence-corrected chi connectivity index (χ4v) is 3.27. The second kappa shape index (κ2) is 5.15. The molecule has 20 heavy (non-hydrogen) atoms. The summed E-state index contributed by atoms with van der Waals surface area (Å²) in [6.45, 7) is 0. The Labute approximate surface area is 119 Å². The molecule has 3 aromatic rings. The van der Waals surface area contributed by atoms with Crippen molar-refractivity contribution in [3.05, 3.63) is 50.6 Å². The molecular weight excluding hydrogens is 276 g/mol. The maximum absolute atomic E-state index is 11.2. The first-order valence-electron chi connectivity index (χ1n) is 6.14. The molecule has 5 nitrogen and oxygen atoms in total. The van der Waals surface area contributed by atoms with Crippen LogP contribution in [0.15, 0.2) is 38.9 Å². The van der Waals surface area contributed by atoms with E-state index in [-0.39, 0.29) is 6.04 Å². The van der Waals surface area contributed by atoms with E-state index in [1.807, 2.05) is 36.7 Å². The lowest BCUT2D eigenvalue weighted by molar-refractivity contribution is 0.408. The zero-order valence-electron chi connectivity index (χ0n) is 11.1. The number of ether oxygens (including phenoxy) is 1. The molecule has 1 aromatic carbocycles. The van der Waals surface area contributed by atoms with E-state index < -0.39 is 5.76 Å². The van der Waals surface area contributed by atoms with Gasteiger partial charge in [-0.15, -0.1) is 11.3 Å². The maximum Gasteiger partial charge on any atom is 0.417 e. The zero-order chi connectivity index (χ0) is 14.1. The third kappa shape index (κ3) is 2.13. The number of benzene rings is 1. The highest BCUT2D eigenvalue weighted by molar-refractivity contribution is 7.10. The predicted octanol–water partition coefficient (Wildman–Crippen LogP) is 2.50. The summed E-state index contributed by atoms with van der Waals surface area (Å²) in [7, 11) is 3.55. The Hall–Kier alpha value is -2.05. The summed E-state index contributed by atoms with van der Waals surface area (Å²) in [5, 5.41) is 5.26. The lowest BCUT2D eigenvalue weighted by Gasteiger charge is -2.16. The van der Waals surface area contributed by atoms with Crippen LogP contribution in [0.25, 0.3) is 11.1 Å². The molecule has 0 saturated heterocycles. The van der Waals surface area contributed by atoms with Gasteiger partial charge < -0.3 is 14.5 Å². The minimum atomic E-state index is -0.438. The molecule has 0 aliphatic carbocycles. The van der Waals surface area contributed by atoms with Crippen molar-refractivity contribution in [2.75, 3.05) is 14.2 Å². The summed E-state index contributed by atoms with van der Waals surface area (Å²) < 4.78 is 10.5.